The summed E-state index contributed by atoms with van der Waals surface area (Å²) in [6.07, 6.45) is 6.44. The zero-order valence-corrected chi connectivity index (χ0v) is 30.9. The van der Waals surface area contributed by atoms with Crippen molar-refractivity contribution in [2.75, 3.05) is 43.4 Å². The standard InChI is InChI=1S/C41H48F2N8O2/c1-5-25(3)50-23-46-33-20-32(48-36(35(33)50)47-27-8-6-24(2)30(17-27)37(52)44-4)26-7-9-31-34(16-26)51(38(53)40(31)10-13-45-14-11-40)29-18-28(19-29)49-15-12-39(22-49)21-41(39,42)43/h6-9,16-17,20,23,25,28-29,45H,5,10-15,18-19,21-22H2,1-4H3,(H,44,52)(H,47,48)/t25-,28?,29?,39-/m0/s1. The number of alkyl halides is 2. The summed E-state index contributed by atoms with van der Waals surface area (Å²) in [6, 6.07) is 14.5. The molecular weight excluding hydrogens is 675 g/mol. The summed E-state index contributed by atoms with van der Waals surface area (Å²) in [4.78, 5) is 41.7. The van der Waals surface area contributed by atoms with Crippen molar-refractivity contribution in [1.82, 2.24) is 30.1 Å². The lowest BCUT2D eigenvalue weighted by molar-refractivity contribution is -0.125. The van der Waals surface area contributed by atoms with Crippen molar-refractivity contribution < 1.29 is 18.4 Å². The van der Waals surface area contributed by atoms with Gasteiger partial charge in [0.25, 0.3) is 11.8 Å². The number of carbonyl (C=O) groups is 2. The fraction of sp³-hybridized carbons (Fsp3) is 0.512. The molecule has 4 fully saturated rings. The first-order valence-electron chi connectivity index (χ1n) is 19.3. The first-order chi connectivity index (χ1) is 25.5. The Balaban J connectivity index is 1.08. The van der Waals surface area contributed by atoms with Gasteiger partial charge in [-0.25, -0.2) is 18.7 Å². The van der Waals surface area contributed by atoms with Crippen molar-refractivity contribution in [2.24, 2.45) is 5.41 Å². The van der Waals surface area contributed by atoms with Crippen LogP contribution in [-0.4, -0.2) is 82.5 Å². The van der Waals surface area contributed by atoms with E-state index in [1.807, 2.05) is 37.5 Å². The van der Waals surface area contributed by atoms with E-state index in [0.717, 1.165) is 90.0 Å². The van der Waals surface area contributed by atoms with Crippen LogP contribution in [0.3, 0.4) is 0 Å². The third-order valence-electron chi connectivity index (χ3n) is 13.3. The molecule has 5 aliphatic rings. The largest absolute Gasteiger partial charge is 0.355 e. The van der Waals surface area contributed by atoms with Gasteiger partial charge in [-0.1, -0.05) is 25.1 Å². The summed E-state index contributed by atoms with van der Waals surface area (Å²) in [7, 11) is 1.63. The molecule has 2 aliphatic carbocycles. The third-order valence-corrected chi connectivity index (χ3v) is 13.3. The molecule has 10 nitrogen and oxygen atoms in total. The summed E-state index contributed by atoms with van der Waals surface area (Å²) in [5.74, 6) is -1.87. The number of benzene rings is 2. The third kappa shape index (κ3) is 5.30. The molecule has 0 radical (unpaired) electrons. The molecule has 4 aromatic rings. The Labute approximate surface area is 308 Å². The number of fused-ring (bicyclic) bond motifs is 3. The van der Waals surface area contributed by atoms with E-state index < -0.39 is 16.8 Å². The number of pyridine rings is 1. The van der Waals surface area contributed by atoms with Crippen molar-refractivity contribution in [2.45, 2.75) is 95.2 Å². The first kappa shape index (κ1) is 34.4. The zero-order chi connectivity index (χ0) is 36.9. The molecule has 2 atom stereocenters. The smallest absolute Gasteiger partial charge is 0.255 e. The highest BCUT2D eigenvalue weighted by atomic mass is 19.3. The van der Waals surface area contributed by atoms with E-state index in [0.29, 0.717) is 30.9 Å². The molecule has 0 bridgehead atoms. The van der Waals surface area contributed by atoms with E-state index >= 15 is 0 Å². The SMILES string of the molecule is CC[C@H](C)n1cnc2cc(-c3ccc4c(c3)N(C3CC(N5CC[C@@]6(C5)CC6(F)F)C3)C(=O)C43CCNCC3)nc(Nc3ccc(C)c(C(=O)NC)c3)c21. The van der Waals surface area contributed by atoms with Gasteiger partial charge in [0.05, 0.1) is 28.4 Å². The van der Waals surface area contributed by atoms with E-state index in [9.17, 15) is 18.4 Å². The van der Waals surface area contributed by atoms with Gasteiger partial charge in [0.2, 0.25) is 5.91 Å². The molecule has 3 aliphatic heterocycles. The summed E-state index contributed by atoms with van der Waals surface area (Å²) < 4.78 is 30.6. The Morgan fingerprint density at radius 3 is 2.55 bits per heavy atom. The molecule has 2 spiro atoms. The number of aromatic nitrogens is 3. The van der Waals surface area contributed by atoms with Crippen molar-refractivity contribution in [3.63, 3.8) is 0 Å². The number of nitrogens with one attached hydrogen (secondary N) is 3. The average molecular weight is 723 g/mol. The van der Waals surface area contributed by atoms with E-state index in [4.69, 9.17) is 9.97 Å². The van der Waals surface area contributed by atoms with Crippen LogP contribution in [0.15, 0.2) is 48.8 Å². The minimum atomic E-state index is -2.53. The molecule has 53 heavy (non-hydrogen) atoms. The predicted molar refractivity (Wildman–Crippen MR) is 202 cm³/mol. The zero-order valence-electron chi connectivity index (χ0n) is 30.9. The number of hydrogen-bond acceptors (Lipinski definition) is 7. The highest BCUT2D eigenvalue weighted by molar-refractivity contribution is 6.09. The maximum atomic E-state index is 14.6. The van der Waals surface area contributed by atoms with Gasteiger partial charge in [-0.05, 0) is 107 Å². The number of aryl methyl sites for hydroxylation is 1. The molecule has 278 valence electrons. The van der Waals surface area contributed by atoms with E-state index in [2.05, 4.69) is 62.4 Å². The summed E-state index contributed by atoms with van der Waals surface area (Å²) in [6.45, 7) is 8.96. The molecule has 2 aromatic heterocycles. The second kappa shape index (κ2) is 12.3. The van der Waals surface area contributed by atoms with Gasteiger partial charge in [0.15, 0.2) is 5.82 Å². The summed E-state index contributed by atoms with van der Waals surface area (Å²) >= 11 is 0. The number of nitrogens with zero attached hydrogens (tertiary/aromatic N) is 5. The van der Waals surface area contributed by atoms with Crippen LogP contribution >= 0.6 is 0 Å². The maximum absolute atomic E-state index is 14.6. The van der Waals surface area contributed by atoms with Gasteiger partial charge in [0.1, 0.15) is 5.52 Å². The number of halogens is 2. The van der Waals surface area contributed by atoms with Gasteiger partial charge in [-0.3, -0.25) is 14.5 Å². The van der Waals surface area contributed by atoms with Crippen molar-refractivity contribution in [3.8, 4) is 11.3 Å². The van der Waals surface area contributed by atoms with E-state index in [1.54, 1.807) is 7.05 Å². The Morgan fingerprint density at radius 2 is 1.85 bits per heavy atom. The fourth-order valence-corrected chi connectivity index (χ4v) is 9.60. The molecule has 12 heteroatoms. The fourth-order valence-electron chi connectivity index (χ4n) is 9.60. The topological polar surface area (TPSA) is 107 Å². The summed E-state index contributed by atoms with van der Waals surface area (Å²) in [5.41, 5.74) is 6.14. The Morgan fingerprint density at radius 1 is 1.08 bits per heavy atom. The highest BCUT2D eigenvalue weighted by Crippen LogP contribution is 2.65. The normalized spacial score (nSPS) is 26.2. The highest BCUT2D eigenvalue weighted by Gasteiger charge is 2.73. The van der Waals surface area contributed by atoms with Crippen LogP contribution in [0.4, 0.5) is 26.0 Å². The first-order valence-corrected chi connectivity index (χ1v) is 19.3. The molecule has 2 aromatic carbocycles. The number of amides is 2. The summed E-state index contributed by atoms with van der Waals surface area (Å²) in [5, 5.41) is 9.71. The molecule has 9 rings (SSSR count). The number of likely N-dealkylation sites (tertiary alicyclic amines) is 1. The predicted octanol–water partition coefficient (Wildman–Crippen LogP) is 6.71. The number of rotatable bonds is 8. The Hall–Kier alpha value is -4.42. The molecule has 2 saturated carbocycles. The molecule has 5 heterocycles. The van der Waals surface area contributed by atoms with Crippen LogP contribution in [0, 0.1) is 12.3 Å². The lowest BCUT2D eigenvalue weighted by Gasteiger charge is -2.46. The van der Waals surface area contributed by atoms with Crippen LogP contribution in [0.25, 0.3) is 22.3 Å². The number of imidazole rings is 1. The molecule has 3 N–H and O–H groups in total. The molecule has 2 saturated heterocycles. The van der Waals surface area contributed by atoms with Gasteiger partial charge in [0, 0.05) is 60.6 Å². The lowest BCUT2D eigenvalue weighted by Crippen LogP contribution is -2.57. The lowest BCUT2D eigenvalue weighted by atomic mass is 9.74. The molecule has 0 unspecified atom stereocenters. The van der Waals surface area contributed by atoms with Gasteiger partial charge < -0.3 is 25.4 Å². The van der Waals surface area contributed by atoms with Crippen LogP contribution in [0.2, 0.25) is 0 Å². The van der Waals surface area contributed by atoms with Gasteiger partial charge in [-0.15, -0.1) is 0 Å². The number of piperidine rings is 1. The number of hydrogen-bond donors (Lipinski definition) is 3. The van der Waals surface area contributed by atoms with Crippen LogP contribution in [-0.2, 0) is 10.2 Å². The van der Waals surface area contributed by atoms with Crippen LogP contribution in [0.5, 0.6) is 0 Å². The second-order valence-electron chi connectivity index (χ2n) is 16.3. The maximum Gasteiger partial charge on any atom is 0.255 e. The quantitative estimate of drug-likeness (QED) is 0.186. The van der Waals surface area contributed by atoms with Crippen molar-refractivity contribution in [3.05, 3.63) is 65.5 Å². The Bertz CT molecular complexity index is 2140. The van der Waals surface area contributed by atoms with Crippen LogP contribution < -0.4 is 20.9 Å². The number of carbonyl (C=O) groups excluding carboxylic acids is 2. The van der Waals surface area contributed by atoms with Gasteiger partial charge in [-0.2, -0.15) is 0 Å². The minimum Gasteiger partial charge on any atom is -0.355 e. The van der Waals surface area contributed by atoms with Crippen LogP contribution in [0.1, 0.15) is 86.3 Å². The average Bonchev–Trinajstić information content (AvgIpc) is 3.53. The molecule has 2 amide bonds. The Kier molecular flexibility index (Phi) is 7.98. The minimum absolute atomic E-state index is 0.0149. The second-order valence-corrected chi connectivity index (χ2v) is 16.3. The van der Waals surface area contributed by atoms with Crippen molar-refractivity contribution in [1.29, 1.82) is 0 Å². The van der Waals surface area contributed by atoms with E-state index in [1.165, 1.54) is 0 Å². The monoisotopic (exact) mass is 722 g/mol. The number of anilines is 3. The van der Waals surface area contributed by atoms with Gasteiger partial charge >= 0.3 is 0 Å². The van der Waals surface area contributed by atoms with Crippen molar-refractivity contribution >= 4 is 40.0 Å². The van der Waals surface area contributed by atoms with E-state index in [-0.39, 0.29) is 36.4 Å². The molecular formula is C41H48F2N8O2.